The van der Waals surface area contributed by atoms with Gasteiger partial charge in [-0.2, -0.15) is 5.10 Å². The summed E-state index contributed by atoms with van der Waals surface area (Å²) in [6, 6.07) is 0. The molecule has 1 aliphatic rings. The van der Waals surface area contributed by atoms with E-state index in [4.69, 9.17) is 5.73 Å². The largest absolute Gasteiger partial charge is 0.506 e. The average Bonchev–Trinajstić information content (AvgIpc) is 2.78. The molecule has 106 valence electrons. The summed E-state index contributed by atoms with van der Waals surface area (Å²) in [5, 5.41) is 14.8. The minimum absolute atomic E-state index is 0.280. The van der Waals surface area contributed by atoms with Crippen LogP contribution in [0.3, 0.4) is 0 Å². The zero-order valence-corrected chi connectivity index (χ0v) is 13.3. The molecule has 0 aliphatic heterocycles. The van der Waals surface area contributed by atoms with Crippen LogP contribution in [0.1, 0.15) is 29.5 Å². The molecule has 0 saturated heterocycles. The molecule has 0 unspecified atom stereocenters. The van der Waals surface area contributed by atoms with Crippen molar-refractivity contribution in [3.63, 3.8) is 0 Å². The van der Waals surface area contributed by atoms with E-state index in [1.54, 1.807) is 17.9 Å². The average molecular weight is 336 g/mol. The lowest BCUT2D eigenvalue weighted by Crippen LogP contribution is -2.08. The molecule has 0 atom stereocenters. The van der Waals surface area contributed by atoms with Crippen LogP contribution in [0.25, 0.3) is 11.1 Å². The fraction of sp³-hybridized carbons (Fsp3) is 0.400. The number of nitrogen functional groups attached to an aromatic ring is 1. The number of benzene rings is 1. The number of hydrogen-bond donors (Lipinski definition) is 2. The number of phenolic OH excluding ortho intramolecular Hbond substituents is 1. The van der Waals surface area contributed by atoms with E-state index in [-0.39, 0.29) is 5.75 Å². The van der Waals surface area contributed by atoms with E-state index in [2.05, 4.69) is 28.0 Å². The zero-order chi connectivity index (χ0) is 14.4. The third-order valence-corrected chi connectivity index (χ3v) is 5.11. The van der Waals surface area contributed by atoms with Crippen molar-refractivity contribution in [3.8, 4) is 16.9 Å². The topological polar surface area (TPSA) is 64.1 Å². The van der Waals surface area contributed by atoms with Gasteiger partial charge in [-0.25, -0.2) is 0 Å². The highest BCUT2D eigenvalue weighted by atomic mass is 79.9. The molecule has 20 heavy (non-hydrogen) atoms. The molecule has 3 rings (SSSR count). The van der Waals surface area contributed by atoms with E-state index < -0.39 is 0 Å². The highest BCUT2D eigenvalue weighted by Gasteiger charge is 2.24. The van der Waals surface area contributed by atoms with Crippen LogP contribution < -0.4 is 5.73 Å². The lowest BCUT2D eigenvalue weighted by molar-refractivity contribution is 0.471. The van der Waals surface area contributed by atoms with Gasteiger partial charge in [0.1, 0.15) is 11.6 Å². The van der Waals surface area contributed by atoms with Crippen molar-refractivity contribution in [1.29, 1.82) is 0 Å². The molecule has 1 heterocycles. The Bertz CT molecular complexity index is 691. The third kappa shape index (κ3) is 1.84. The number of fused-ring (bicyclic) bond motifs is 1. The van der Waals surface area contributed by atoms with Crippen molar-refractivity contribution in [3.05, 3.63) is 27.4 Å². The highest BCUT2D eigenvalue weighted by Crippen LogP contribution is 2.46. The predicted octanol–water partition coefficient (Wildman–Crippen LogP) is 3.32. The third-order valence-electron chi connectivity index (χ3n) is 4.26. The van der Waals surface area contributed by atoms with Gasteiger partial charge in [0.15, 0.2) is 0 Å². The van der Waals surface area contributed by atoms with Crippen LogP contribution in [0.15, 0.2) is 10.7 Å². The van der Waals surface area contributed by atoms with E-state index in [9.17, 15) is 5.11 Å². The van der Waals surface area contributed by atoms with E-state index in [1.807, 2.05) is 0 Å². The van der Waals surface area contributed by atoms with Gasteiger partial charge in [-0.05, 0) is 65.2 Å². The molecule has 0 bridgehead atoms. The number of nitrogens with zero attached hydrogens (tertiary/aromatic N) is 2. The standard InChI is InChI=1S/C15H18BrN3O/c1-8-9-5-3-4-6-10(9)13(16)14(20)12(8)11-7-18-19(2)15(11)17/h7,20H,3-6,17H2,1-2H3. The fourth-order valence-corrected chi connectivity index (χ4v) is 3.75. The molecule has 1 aromatic heterocycles. The van der Waals surface area contributed by atoms with Crippen molar-refractivity contribution < 1.29 is 5.11 Å². The highest BCUT2D eigenvalue weighted by molar-refractivity contribution is 9.10. The quantitative estimate of drug-likeness (QED) is 0.840. The van der Waals surface area contributed by atoms with E-state index in [1.165, 1.54) is 24.0 Å². The number of halogens is 1. The van der Waals surface area contributed by atoms with E-state index >= 15 is 0 Å². The molecule has 0 amide bonds. The van der Waals surface area contributed by atoms with Crippen molar-refractivity contribution in [2.75, 3.05) is 5.73 Å². The molecular weight excluding hydrogens is 318 g/mol. The molecule has 0 radical (unpaired) electrons. The summed E-state index contributed by atoms with van der Waals surface area (Å²) in [6.45, 7) is 2.07. The van der Waals surface area contributed by atoms with Crippen molar-refractivity contribution in [1.82, 2.24) is 9.78 Å². The van der Waals surface area contributed by atoms with Crippen LogP contribution in [-0.2, 0) is 19.9 Å². The van der Waals surface area contributed by atoms with Crippen LogP contribution in [-0.4, -0.2) is 14.9 Å². The first-order valence-corrected chi connectivity index (χ1v) is 7.62. The maximum Gasteiger partial charge on any atom is 0.138 e. The molecule has 0 fully saturated rings. The summed E-state index contributed by atoms with van der Waals surface area (Å²) in [5.41, 5.74) is 11.4. The Morgan fingerprint density at radius 3 is 2.55 bits per heavy atom. The number of aromatic hydroxyl groups is 1. The van der Waals surface area contributed by atoms with Crippen molar-refractivity contribution in [2.45, 2.75) is 32.6 Å². The van der Waals surface area contributed by atoms with Crippen LogP contribution >= 0.6 is 15.9 Å². The molecule has 4 nitrogen and oxygen atoms in total. The molecule has 3 N–H and O–H groups in total. The van der Waals surface area contributed by atoms with Gasteiger partial charge in [-0.1, -0.05) is 0 Å². The maximum absolute atomic E-state index is 10.6. The number of nitrogens with two attached hydrogens (primary N) is 1. The minimum atomic E-state index is 0.280. The van der Waals surface area contributed by atoms with Gasteiger partial charge in [0.25, 0.3) is 0 Å². The summed E-state index contributed by atoms with van der Waals surface area (Å²) in [7, 11) is 1.80. The Kier molecular flexibility index (Phi) is 3.24. The number of aryl methyl sites for hydroxylation is 1. The van der Waals surface area contributed by atoms with Crippen molar-refractivity contribution >= 4 is 21.7 Å². The van der Waals surface area contributed by atoms with Gasteiger partial charge in [-0.15, -0.1) is 0 Å². The summed E-state index contributed by atoms with van der Waals surface area (Å²) >= 11 is 3.56. The number of phenols is 1. The van der Waals surface area contributed by atoms with Crippen molar-refractivity contribution in [2.24, 2.45) is 7.05 Å². The van der Waals surface area contributed by atoms with Crippen LogP contribution in [0.2, 0.25) is 0 Å². The summed E-state index contributed by atoms with van der Waals surface area (Å²) in [5.74, 6) is 0.855. The first-order chi connectivity index (χ1) is 9.52. The van der Waals surface area contributed by atoms with Crippen LogP contribution in [0.5, 0.6) is 5.75 Å². The van der Waals surface area contributed by atoms with Gasteiger partial charge in [0.05, 0.1) is 10.7 Å². The summed E-state index contributed by atoms with van der Waals surface area (Å²) in [4.78, 5) is 0. The number of hydrogen-bond acceptors (Lipinski definition) is 3. The first kappa shape index (κ1) is 13.5. The van der Waals surface area contributed by atoms with Gasteiger partial charge >= 0.3 is 0 Å². The number of rotatable bonds is 1. The van der Waals surface area contributed by atoms with Gasteiger partial charge in [-0.3, -0.25) is 4.68 Å². The molecular formula is C15H18BrN3O. The second-order valence-electron chi connectivity index (χ2n) is 5.39. The normalized spacial score (nSPS) is 14.3. The Hall–Kier alpha value is -1.49. The number of aromatic nitrogens is 2. The lowest BCUT2D eigenvalue weighted by Gasteiger charge is -2.23. The fourth-order valence-electron chi connectivity index (χ4n) is 3.11. The van der Waals surface area contributed by atoms with Crippen LogP contribution in [0.4, 0.5) is 5.82 Å². The monoisotopic (exact) mass is 335 g/mol. The Balaban J connectivity index is 2.31. The predicted molar refractivity (Wildman–Crippen MR) is 83.8 cm³/mol. The molecule has 1 aliphatic carbocycles. The molecule has 0 saturated carbocycles. The second-order valence-corrected chi connectivity index (χ2v) is 6.19. The molecule has 0 spiro atoms. The van der Waals surface area contributed by atoms with Gasteiger partial charge in [0, 0.05) is 18.2 Å². The minimum Gasteiger partial charge on any atom is -0.506 e. The first-order valence-electron chi connectivity index (χ1n) is 6.83. The van der Waals surface area contributed by atoms with E-state index in [0.29, 0.717) is 5.82 Å². The second kappa shape index (κ2) is 4.81. The smallest absolute Gasteiger partial charge is 0.138 e. The summed E-state index contributed by atoms with van der Waals surface area (Å²) < 4.78 is 2.44. The van der Waals surface area contributed by atoms with Crippen LogP contribution in [0, 0.1) is 6.92 Å². The zero-order valence-electron chi connectivity index (χ0n) is 11.7. The lowest BCUT2D eigenvalue weighted by atomic mass is 9.84. The van der Waals surface area contributed by atoms with E-state index in [0.717, 1.165) is 34.0 Å². The number of anilines is 1. The van der Waals surface area contributed by atoms with Gasteiger partial charge in [0.2, 0.25) is 0 Å². The molecule has 1 aromatic carbocycles. The Morgan fingerprint density at radius 2 is 1.95 bits per heavy atom. The molecule has 5 heteroatoms. The Labute approximate surface area is 126 Å². The Morgan fingerprint density at radius 1 is 1.30 bits per heavy atom. The SMILES string of the molecule is Cc1c2c(c(Br)c(O)c1-c1cnn(C)c1N)CCCC2. The molecule has 2 aromatic rings. The maximum atomic E-state index is 10.6. The summed E-state index contributed by atoms with van der Waals surface area (Å²) in [6.07, 6.45) is 6.19. The van der Waals surface area contributed by atoms with Gasteiger partial charge < -0.3 is 10.8 Å².